The molecule has 1 aliphatic rings. The molecular formula is C21H27N3O5S2. The van der Waals surface area contributed by atoms with Crippen LogP contribution < -0.4 is 10.0 Å². The van der Waals surface area contributed by atoms with Crippen molar-refractivity contribution in [1.29, 1.82) is 0 Å². The Morgan fingerprint density at radius 1 is 0.903 bits per heavy atom. The number of rotatable bonds is 6. The minimum absolute atomic E-state index is 0.130. The van der Waals surface area contributed by atoms with E-state index in [0.717, 1.165) is 25.5 Å². The van der Waals surface area contributed by atoms with Crippen LogP contribution in [0.1, 0.15) is 40.7 Å². The molecule has 2 N–H and O–H groups in total. The Hall–Kier alpha value is -2.43. The van der Waals surface area contributed by atoms with Gasteiger partial charge in [0.15, 0.2) is 0 Å². The van der Waals surface area contributed by atoms with Gasteiger partial charge in [-0.2, -0.15) is 4.31 Å². The molecule has 2 aromatic carbocycles. The van der Waals surface area contributed by atoms with Gasteiger partial charge in [-0.05, 0) is 62.1 Å². The topological polar surface area (TPSA) is 113 Å². The van der Waals surface area contributed by atoms with Crippen molar-refractivity contribution in [2.24, 2.45) is 0 Å². The Bertz CT molecular complexity index is 1200. The fourth-order valence-corrected chi connectivity index (χ4v) is 5.86. The predicted molar refractivity (Wildman–Crippen MR) is 121 cm³/mol. The minimum Gasteiger partial charge on any atom is -0.322 e. The molecule has 0 aliphatic carbocycles. The summed E-state index contributed by atoms with van der Waals surface area (Å²) in [6.45, 7) is 4.42. The maximum Gasteiger partial charge on any atom is 0.255 e. The van der Waals surface area contributed by atoms with E-state index in [1.54, 1.807) is 38.1 Å². The standard InChI is InChI=1S/C21H27N3O5S2/c1-15-8-10-18(14-19(15)23-30(3,26)27)22-21(25)17-9-7-16(2)20(13-17)31(28,29)24-11-5-4-6-12-24/h7-10,13-14,23H,4-6,11-12H2,1-3H3,(H,22,25). The Kier molecular flexibility index (Phi) is 6.73. The first-order valence-electron chi connectivity index (χ1n) is 9.98. The number of anilines is 2. The zero-order valence-electron chi connectivity index (χ0n) is 17.8. The monoisotopic (exact) mass is 465 g/mol. The average molecular weight is 466 g/mol. The van der Waals surface area contributed by atoms with Gasteiger partial charge in [0.2, 0.25) is 20.0 Å². The second-order valence-electron chi connectivity index (χ2n) is 7.80. The normalized spacial score (nSPS) is 15.5. The number of aryl methyl sites for hydroxylation is 2. The fourth-order valence-electron chi connectivity index (χ4n) is 3.48. The molecule has 0 spiro atoms. The largest absolute Gasteiger partial charge is 0.322 e. The van der Waals surface area contributed by atoms with Crippen molar-refractivity contribution in [2.75, 3.05) is 29.4 Å². The molecule has 0 unspecified atom stereocenters. The van der Waals surface area contributed by atoms with Crippen molar-refractivity contribution >= 4 is 37.3 Å². The summed E-state index contributed by atoms with van der Waals surface area (Å²) >= 11 is 0. The van der Waals surface area contributed by atoms with Crippen LogP contribution in [0.25, 0.3) is 0 Å². The third-order valence-corrected chi connectivity index (χ3v) is 7.81. The highest BCUT2D eigenvalue weighted by atomic mass is 32.2. The molecule has 0 saturated carbocycles. The Morgan fingerprint density at radius 2 is 1.55 bits per heavy atom. The number of nitrogens with one attached hydrogen (secondary N) is 2. The SMILES string of the molecule is Cc1ccc(NC(=O)c2ccc(C)c(S(=O)(=O)N3CCCCC3)c2)cc1NS(C)(=O)=O. The van der Waals surface area contributed by atoms with Gasteiger partial charge >= 0.3 is 0 Å². The van der Waals surface area contributed by atoms with Crippen LogP contribution in [-0.4, -0.2) is 46.4 Å². The van der Waals surface area contributed by atoms with Gasteiger partial charge in [0.25, 0.3) is 5.91 Å². The van der Waals surface area contributed by atoms with Crippen LogP contribution in [0.5, 0.6) is 0 Å². The summed E-state index contributed by atoms with van der Waals surface area (Å²) in [4.78, 5) is 12.9. The van der Waals surface area contributed by atoms with Gasteiger partial charge in [-0.1, -0.05) is 18.6 Å². The fraction of sp³-hybridized carbons (Fsp3) is 0.381. The highest BCUT2D eigenvalue weighted by Gasteiger charge is 2.28. The van der Waals surface area contributed by atoms with Crippen molar-refractivity contribution in [2.45, 2.75) is 38.0 Å². The summed E-state index contributed by atoms with van der Waals surface area (Å²) < 4.78 is 53.1. The zero-order valence-corrected chi connectivity index (χ0v) is 19.4. The molecule has 1 aliphatic heterocycles. The van der Waals surface area contributed by atoms with E-state index in [4.69, 9.17) is 0 Å². The van der Waals surface area contributed by atoms with Crippen molar-refractivity contribution < 1.29 is 21.6 Å². The molecule has 3 rings (SSSR count). The van der Waals surface area contributed by atoms with Crippen molar-refractivity contribution in [1.82, 2.24) is 4.31 Å². The smallest absolute Gasteiger partial charge is 0.255 e. The van der Waals surface area contributed by atoms with Crippen LogP contribution >= 0.6 is 0 Å². The molecule has 1 saturated heterocycles. The third kappa shape index (κ3) is 5.63. The molecule has 2 aromatic rings. The summed E-state index contributed by atoms with van der Waals surface area (Å²) in [5.74, 6) is -0.482. The first-order valence-corrected chi connectivity index (χ1v) is 13.3. The van der Waals surface area contributed by atoms with Crippen LogP contribution in [0, 0.1) is 13.8 Å². The summed E-state index contributed by atoms with van der Waals surface area (Å²) in [5, 5.41) is 2.71. The van der Waals surface area contributed by atoms with Gasteiger partial charge in [0.1, 0.15) is 0 Å². The number of sulfonamides is 2. The number of carbonyl (C=O) groups excluding carboxylic acids is 1. The van der Waals surface area contributed by atoms with E-state index in [-0.39, 0.29) is 10.5 Å². The highest BCUT2D eigenvalue weighted by Crippen LogP contribution is 2.26. The summed E-state index contributed by atoms with van der Waals surface area (Å²) in [6.07, 6.45) is 3.72. The summed E-state index contributed by atoms with van der Waals surface area (Å²) in [7, 11) is -7.15. The van der Waals surface area contributed by atoms with Crippen LogP contribution in [0.15, 0.2) is 41.3 Å². The predicted octanol–water partition coefficient (Wildman–Crippen LogP) is 3.10. The molecule has 1 amide bonds. The number of hydrogen-bond acceptors (Lipinski definition) is 5. The molecule has 1 fully saturated rings. The Labute approximate surface area is 183 Å². The second-order valence-corrected chi connectivity index (χ2v) is 11.5. The number of piperidine rings is 1. The molecule has 10 heteroatoms. The summed E-state index contributed by atoms with van der Waals surface area (Å²) in [6, 6.07) is 9.46. The number of hydrogen-bond donors (Lipinski definition) is 2. The summed E-state index contributed by atoms with van der Waals surface area (Å²) in [5.41, 5.74) is 2.24. The molecule has 0 aromatic heterocycles. The third-order valence-electron chi connectivity index (χ3n) is 5.17. The van der Waals surface area contributed by atoms with Crippen molar-refractivity contribution in [3.8, 4) is 0 Å². The van der Waals surface area contributed by atoms with Gasteiger partial charge in [-0.3, -0.25) is 9.52 Å². The molecule has 1 heterocycles. The van der Waals surface area contributed by atoms with E-state index < -0.39 is 26.0 Å². The Balaban J connectivity index is 1.86. The number of nitrogens with zero attached hydrogens (tertiary/aromatic N) is 1. The van der Waals surface area contributed by atoms with Crippen molar-refractivity contribution in [3.63, 3.8) is 0 Å². The van der Waals surface area contributed by atoms with Crippen LogP contribution in [-0.2, 0) is 20.0 Å². The first kappa shape index (κ1) is 23.2. The maximum absolute atomic E-state index is 13.1. The van der Waals surface area contributed by atoms with E-state index >= 15 is 0 Å². The van der Waals surface area contributed by atoms with E-state index in [9.17, 15) is 21.6 Å². The molecule has 0 bridgehead atoms. The lowest BCUT2D eigenvalue weighted by molar-refractivity contribution is 0.102. The van der Waals surface area contributed by atoms with E-state index in [1.165, 1.54) is 16.4 Å². The number of carbonyl (C=O) groups is 1. The molecule has 168 valence electrons. The minimum atomic E-state index is -3.68. The highest BCUT2D eigenvalue weighted by molar-refractivity contribution is 7.92. The van der Waals surface area contributed by atoms with Gasteiger partial charge in [-0.15, -0.1) is 0 Å². The van der Waals surface area contributed by atoms with Gasteiger partial charge in [0.05, 0.1) is 16.8 Å². The van der Waals surface area contributed by atoms with E-state index in [0.29, 0.717) is 35.6 Å². The lowest BCUT2D eigenvalue weighted by Gasteiger charge is -2.26. The number of benzene rings is 2. The molecular weight excluding hydrogens is 438 g/mol. The van der Waals surface area contributed by atoms with Crippen LogP contribution in [0.2, 0.25) is 0 Å². The van der Waals surface area contributed by atoms with Crippen LogP contribution in [0.4, 0.5) is 11.4 Å². The first-order chi connectivity index (χ1) is 14.5. The Morgan fingerprint density at radius 3 is 2.19 bits per heavy atom. The van der Waals surface area contributed by atoms with Gasteiger partial charge in [0, 0.05) is 24.3 Å². The molecule has 8 nitrogen and oxygen atoms in total. The molecule has 31 heavy (non-hydrogen) atoms. The zero-order chi connectivity index (χ0) is 22.8. The second kappa shape index (κ2) is 8.97. The lowest BCUT2D eigenvalue weighted by Crippen LogP contribution is -2.36. The quantitative estimate of drug-likeness (QED) is 0.681. The van der Waals surface area contributed by atoms with E-state index in [2.05, 4.69) is 10.0 Å². The van der Waals surface area contributed by atoms with Crippen LogP contribution in [0.3, 0.4) is 0 Å². The molecule has 0 atom stereocenters. The van der Waals surface area contributed by atoms with Gasteiger partial charge < -0.3 is 5.32 Å². The molecule has 0 radical (unpaired) electrons. The maximum atomic E-state index is 13.1. The van der Waals surface area contributed by atoms with E-state index in [1.807, 2.05) is 0 Å². The number of amides is 1. The lowest BCUT2D eigenvalue weighted by atomic mass is 10.1. The van der Waals surface area contributed by atoms with Gasteiger partial charge in [-0.25, -0.2) is 16.8 Å². The average Bonchev–Trinajstić information content (AvgIpc) is 2.70. The van der Waals surface area contributed by atoms with Crippen molar-refractivity contribution in [3.05, 3.63) is 53.1 Å².